The molecule has 0 spiro atoms. The lowest BCUT2D eigenvalue weighted by Crippen LogP contribution is -2.15. The predicted molar refractivity (Wildman–Crippen MR) is 63.7 cm³/mol. The van der Waals surface area contributed by atoms with Gasteiger partial charge in [0.2, 0.25) is 0 Å². The van der Waals surface area contributed by atoms with Crippen molar-refractivity contribution in [1.82, 2.24) is 5.32 Å². The average Bonchev–Trinajstić information content (AvgIpc) is 2.29. The van der Waals surface area contributed by atoms with Gasteiger partial charge in [0.15, 0.2) is 0 Å². The van der Waals surface area contributed by atoms with Crippen LogP contribution >= 0.6 is 11.6 Å². The summed E-state index contributed by atoms with van der Waals surface area (Å²) in [6.07, 6.45) is 0. The van der Waals surface area contributed by atoms with E-state index in [0.29, 0.717) is 0 Å². The van der Waals surface area contributed by atoms with Crippen LogP contribution in [0.3, 0.4) is 0 Å². The Balaban J connectivity index is 2.38. The first kappa shape index (κ1) is 12.2. The number of rotatable bonds is 5. The Hall–Kier alpha value is -0.830. The van der Waals surface area contributed by atoms with Gasteiger partial charge in [0, 0.05) is 18.6 Å². The number of hydrogen-bond donors (Lipinski definition) is 2. The van der Waals surface area contributed by atoms with Crippen LogP contribution in [0.4, 0.5) is 0 Å². The minimum atomic E-state index is 0.0990. The molecular weight excluding hydrogens is 210 g/mol. The fourth-order valence-electron chi connectivity index (χ4n) is 1.21. The van der Waals surface area contributed by atoms with Crippen LogP contribution in [0.5, 0.6) is 0 Å². The van der Waals surface area contributed by atoms with Crippen molar-refractivity contribution in [2.75, 3.05) is 6.54 Å². The summed E-state index contributed by atoms with van der Waals surface area (Å²) < 4.78 is 0. The van der Waals surface area contributed by atoms with Crippen LogP contribution < -0.4 is 5.32 Å². The number of aliphatic hydroxyl groups is 1. The van der Waals surface area contributed by atoms with Crippen molar-refractivity contribution in [2.24, 2.45) is 0 Å². The first-order valence-corrected chi connectivity index (χ1v) is 5.35. The summed E-state index contributed by atoms with van der Waals surface area (Å²) in [5.74, 6) is 0. The van der Waals surface area contributed by atoms with Crippen molar-refractivity contribution < 1.29 is 5.11 Å². The first-order valence-electron chi connectivity index (χ1n) is 4.91. The quantitative estimate of drug-likeness (QED) is 0.807. The number of benzene rings is 1. The molecule has 0 aliphatic carbocycles. The van der Waals surface area contributed by atoms with E-state index >= 15 is 0 Å². The van der Waals surface area contributed by atoms with Crippen molar-refractivity contribution in [1.29, 1.82) is 0 Å². The van der Waals surface area contributed by atoms with E-state index in [2.05, 4.69) is 5.32 Å². The molecule has 1 rings (SSSR count). The lowest BCUT2D eigenvalue weighted by Gasteiger charge is -2.05. The molecule has 1 aromatic carbocycles. The second-order valence-electron chi connectivity index (χ2n) is 3.53. The lowest BCUT2D eigenvalue weighted by atomic mass is 10.1. The molecule has 0 aliphatic rings. The van der Waals surface area contributed by atoms with Crippen LogP contribution in [0.25, 0.3) is 0 Å². The molecule has 0 radical (unpaired) electrons. The number of nitrogens with one attached hydrogen (secondary N) is 1. The Morgan fingerprint density at radius 2 is 1.93 bits per heavy atom. The molecule has 0 fully saturated rings. The molecule has 0 saturated carbocycles. The summed E-state index contributed by atoms with van der Waals surface area (Å²) in [4.78, 5) is 0. The number of hydrogen-bond acceptors (Lipinski definition) is 2. The van der Waals surface area contributed by atoms with Gasteiger partial charge < -0.3 is 10.4 Å². The summed E-state index contributed by atoms with van der Waals surface area (Å²) in [5.41, 5.74) is 4.84. The Kier molecular flexibility index (Phi) is 5.40. The van der Waals surface area contributed by atoms with Gasteiger partial charge in [0.1, 0.15) is 0 Å². The monoisotopic (exact) mass is 225 g/mol. The summed E-state index contributed by atoms with van der Waals surface area (Å²) in [7, 11) is 0. The molecule has 2 N–H and O–H groups in total. The molecule has 0 aromatic heterocycles. The molecule has 0 heterocycles. The molecule has 0 saturated heterocycles. The Labute approximate surface area is 95.6 Å². The van der Waals surface area contributed by atoms with Crippen LogP contribution in [0, 0.1) is 0 Å². The van der Waals surface area contributed by atoms with Crippen LogP contribution in [-0.2, 0) is 13.2 Å². The Bertz CT molecular complexity index is 319. The van der Waals surface area contributed by atoms with E-state index in [4.69, 9.17) is 16.7 Å². The second kappa shape index (κ2) is 6.62. The molecule has 2 nitrogen and oxygen atoms in total. The minimum Gasteiger partial charge on any atom is -0.392 e. The maximum Gasteiger partial charge on any atom is 0.0681 e. The predicted octanol–water partition coefficient (Wildman–Crippen LogP) is 2.41. The summed E-state index contributed by atoms with van der Waals surface area (Å²) in [6.45, 7) is 3.69. The first-order chi connectivity index (χ1) is 7.26. The fraction of sp³-hybridized carbons (Fsp3) is 0.333. The van der Waals surface area contributed by atoms with Crippen molar-refractivity contribution in [3.05, 3.63) is 46.5 Å². The molecule has 82 valence electrons. The lowest BCUT2D eigenvalue weighted by molar-refractivity contribution is 0.282. The normalized spacial score (nSPS) is 11.8. The SMILES string of the molecule is C/C(=C/Cl)CNCc1ccc(CO)cc1. The van der Waals surface area contributed by atoms with E-state index < -0.39 is 0 Å². The van der Waals surface area contributed by atoms with Gasteiger partial charge in [-0.05, 0) is 23.6 Å². The van der Waals surface area contributed by atoms with E-state index in [9.17, 15) is 0 Å². The van der Waals surface area contributed by atoms with Crippen molar-refractivity contribution >= 4 is 11.6 Å². The summed E-state index contributed by atoms with van der Waals surface area (Å²) >= 11 is 5.54. The van der Waals surface area contributed by atoms with E-state index in [0.717, 1.165) is 24.2 Å². The third kappa shape index (κ3) is 4.47. The van der Waals surface area contributed by atoms with Crippen molar-refractivity contribution in [3.63, 3.8) is 0 Å². The number of aliphatic hydroxyl groups excluding tert-OH is 1. The van der Waals surface area contributed by atoms with Gasteiger partial charge in [-0.15, -0.1) is 0 Å². The van der Waals surface area contributed by atoms with Gasteiger partial charge in [-0.2, -0.15) is 0 Å². The highest BCUT2D eigenvalue weighted by Gasteiger charge is 1.94. The zero-order valence-corrected chi connectivity index (χ0v) is 9.59. The summed E-state index contributed by atoms with van der Waals surface area (Å²) in [5, 5.41) is 12.1. The third-order valence-electron chi connectivity index (χ3n) is 2.12. The molecule has 0 unspecified atom stereocenters. The maximum absolute atomic E-state index is 8.87. The van der Waals surface area contributed by atoms with Crippen LogP contribution in [0.2, 0.25) is 0 Å². The zero-order valence-electron chi connectivity index (χ0n) is 8.83. The fourth-order valence-corrected chi connectivity index (χ4v) is 1.28. The minimum absolute atomic E-state index is 0.0990. The number of halogens is 1. The Morgan fingerprint density at radius 1 is 1.33 bits per heavy atom. The second-order valence-corrected chi connectivity index (χ2v) is 3.75. The maximum atomic E-state index is 8.87. The molecule has 0 atom stereocenters. The average molecular weight is 226 g/mol. The van der Waals surface area contributed by atoms with Gasteiger partial charge in [-0.1, -0.05) is 35.9 Å². The van der Waals surface area contributed by atoms with Crippen molar-refractivity contribution in [2.45, 2.75) is 20.1 Å². The highest BCUT2D eigenvalue weighted by molar-refractivity contribution is 6.25. The highest BCUT2D eigenvalue weighted by atomic mass is 35.5. The molecule has 0 aliphatic heterocycles. The molecule has 3 heteroatoms. The topological polar surface area (TPSA) is 32.3 Å². The molecule has 1 aromatic rings. The molecule has 0 amide bonds. The molecule has 15 heavy (non-hydrogen) atoms. The largest absolute Gasteiger partial charge is 0.392 e. The standard InChI is InChI=1S/C12H16ClNO/c1-10(6-13)7-14-8-11-2-4-12(9-15)5-3-11/h2-6,14-15H,7-9H2,1H3/b10-6-. The van der Waals surface area contributed by atoms with Crippen LogP contribution in [0.15, 0.2) is 35.4 Å². The zero-order chi connectivity index (χ0) is 11.1. The van der Waals surface area contributed by atoms with Gasteiger partial charge in [0.25, 0.3) is 0 Å². The van der Waals surface area contributed by atoms with Crippen LogP contribution in [0.1, 0.15) is 18.1 Å². The molecular formula is C12H16ClNO. The Morgan fingerprint density at radius 3 is 2.47 bits per heavy atom. The smallest absolute Gasteiger partial charge is 0.0681 e. The van der Waals surface area contributed by atoms with Gasteiger partial charge in [-0.25, -0.2) is 0 Å². The third-order valence-corrected chi connectivity index (χ3v) is 2.50. The van der Waals surface area contributed by atoms with E-state index in [1.165, 1.54) is 5.56 Å². The van der Waals surface area contributed by atoms with E-state index in [1.54, 1.807) is 5.54 Å². The molecule has 0 bridgehead atoms. The van der Waals surface area contributed by atoms with E-state index in [1.807, 2.05) is 31.2 Å². The van der Waals surface area contributed by atoms with E-state index in [-0.39, 0.29) is 6.61 Å². The van der Waals surface area contributed by atoms with Gasteiger partial charge >= 0.3 is 0 Å². The van der Waals surface area contributed by atoms with Gasteiger partial charge in [-0.3, -0.25) is 0 Å². The summed E-state index contributed by atoms with van der Waals surface area (Å²) in [6, 6.07) is 7.89. The highest BCUT2D eigenvalue weighted by Crippen LogP contribution is 2.04. The van der Waals surface area contributed by atoms with Crippen molar-refractivity contribution in [3.8, 4) is 0 Å². The van der Waals surface area contributed by atoms with Gasteiger partial charge in [0.05, 0.1) is 6.61 Å². The van der Waals surface area contributed by atoms with Crippen LogP contribution in [-0.4, -0.2) is 11.7 Å².